The Morgan fingerprint density at radius 3 is 2.57 bits per heavy atom. The van der Waals surface area contributed by atoms with Crippen molar-refractivity contribution in [3.63, 3.8) is 0 Å². The van der Waals surface area contributed by atoms with Crippen LogP contribution in [0.2, 0.25) is 0 Å². The van der Waals surface area contributed by atoms with Gasteiger partial charge in [-0.3, -0.25) is 9.78 Å². The summed E-state index contributed by atoms with van der Waals surface area (Å²) in [6.45, 7) is 8.45. The fourth-order valence-electron chi connectivity index (χ4n) is 2.06. The molecule has 0 aliphatic carbocycles. The zero-order chi connectivity index (χ0) is 15.5. The van der Waals surface area contributed by atoms with Crippen molar-refractivity contribution >= 4 is 5.97 Å². The van der Waals surface area contributed by atoms with Crippen LogP contribution in [0.3, 0.4) is 0 Å². The Hall–Kier alpha value is -2.16. The molecule has 110 valence electrons. The summed E-state index contributed by atoms with van der Waals surface area (Å²) in [5.74, 6) is 0.353. The quantitative estimate of drug-likeness (QED) is 0.634. The fraction of sp³-hybridized carbons (Fsp3) is 0.333. The maximum atomic E-state index is 12.0. The largest absolute Gasteiger partial charge is 0.426 e. The number of carbonyl (C=O) groups excluding carboxylic acids is 1. The molecule has 2 aromatic rings. The monoisotopic (exact) mass is 283 g/mol. The molecule has 0 fully saturated rings. The van der Waals surface area contributed by atoms with E-state index < -0.39 is 0 Å². The normalized spacial score (nSPS) is 11.2. The molecule has 3 heteroatoms. The number of pyridine rings is 1. The number of esters is 1. The van der Waals surface area contributed by atoms with Gasteiger partial charge in [-0.15, -0.1) is 0 Å². The van der Waals surface area contributed by atoms with Crippen LogP contribution in [0.4, 0.5) is 0 Å². The molecule has 0 aliphatic rings. The van der Waals surface area contributed by atoms with Crippen molar-refractivity contribution in [1.82, 2.24) is 4.98 Å². The van der Waals surface area contributed by atoms with Gasteiger partial charge in [0.1, 0.15) is 5.75 Å². The van der Waals surface area contributed by atoms with Crippen molar-refractivity contribution in [2.45, 2.75) is 39.5 Å². The average molecular weight is 283 g/mol. The number of carbonyl (C=O) groups is 1. The van der Waals surface area contributed by atoms with E-state index in [1.54, 1.807) is 12.4 Å². The lowest BCUT2D eigenvalue weighted by Crippen LogP contribution is -2.14. The molecule has 0 N–H and O–H groups in total. The third kappa shape index (κ3) is 4.15. The molecule has 0 saturated carbocycles. The first-order chi connectivity index (χ1) is 9.86. The average Bonchev–Trinajstić information content (AvgIpc) is 2.41. The van der Waals surface area contributed by atoms with Gasteiger partial charge in [-0.2, -0.15) is 0 Å². The Kier molecular flexibility index (Phi) is 4.41. The number of aromatic nitrogens is 1. The fourth-order valence-corrected chi connectivity index (χ4v) is 2.06. The minimum atomic E-state index is -0.269. The summed E-state index contributed by atoms with van der Waals surface area (Å²) >= 11 is 0. The van der Waals surface area contributed by atoms with E-state index in [-0.39, 0.29) is 17.8 Å². The molecule has 0 saturated heterocycles. The van der Waals surface area contributed by atoms with Gasteiger partial charge in [0.2, 0.25) is 0 Å². The Morgan fingerprint density at radius 1 is 1.24 bits per heavy atom. The van der Waals surface area contributed by atoms with Crippen molar-refractivity contribution in [2.75, 3.05) is 0 Å². The van der Waals surface area contributed by atoms with Crippen LogP contribution in [0.5, 0.6) is 5.75 Å². The Morgan fingerprint density at radius 2 is 2.00 bits per heavy atom. The molecule has 0 bridgehead atoms. The summed E-state index contributed by atoms with van der Waals surface area (Å²) in [6, 6.07) is 9.64. The molecule has 0 radical (unpaired) electrons. The standard InChI is InChI=1S/C18H21NO2/c1-13-10-15(18(2,3)4)7-8-16(13)21-17(20)11-14-6-5-9-19-12-14/h5-10,12H,11H2,1-4H3. The summed E-state index contributed by atoms with van der Waals surface area (Å²) in [4.78, 5) is 16.0. The highest BCUT2D eigenvalue weighted by Crippen LogP contribution is 2.27. The lowest BCUT2D eigenvalue weighted by Gasteiger charge is -2.20. The summed E-state index contributed by atoms with van der Waals surface area (Å²) in [5.41, 5.74) is 3.14. The number of hydrogen-bond donors (Lipinski definition) is 0. The number of benzene rings is 1. The van der Waals surface area contributed by atoms with Crippen LogP contribution in [0.25, 0.3) is 0 Å². The number of ether oxygens (including phenoxy) is 1. The second-order valence-electron chi connectivity index (χ2n) is 6.24. The van der Waals surface area contributed by atoms with Crippen molar-refractivity contribution in [2.24, 2.45) is 0 Å². The summed E-state index contributed by atoms with van der Waals surface area (Å²) < 4.78 is 5.45. The Balaban J connectivity index is 2.08. The second-order valence-corrected chi connectivity index (χ2v) is 6.24. The second kappa shape index (κ2) is 6.08. The van der Waals surface area contributed by atoms with Crippen LogP contribution < -0.4 is 4.74 Å². The molecule has 3 nitrogen and oxygen atoms in total. The number of aryl methyl sites for hydroxylation is 1. The molecule has 0 atom stereocenters. The van der Waals surface area contributed by atoms with Crippen molar-refractivity contribution in [3.05, 3.63) is 59.4 Å². The van der Waals surface area contributed by atoms with E-state index in [4.69, 9.17) is 4.74 Å². The summed E-state index contributed by atoms with van der Waals surface area (Å²) in [7, 11) is 0. The highest BCUT2D eigenvalue weighted by molar-refractivity contribution is 5.75. The van der Waals surface area contributed by atoms with Gasteiger partial charge >= 0.3 is 5.97 Å². The predicted octanol–water partition coefficient (Wildman–Crippen LogP) is 3.84. The molecule has 0 amide bonds. The summed E-state index contributed by atoms with van der Waals surface area (Å²) in [6.07, 6.45) is 3.59. The minimum Gasteiger partial charge on any atom is -0.426 e. The molecule has 21 heavy (non-hydrogen) atoms. The zero-order valence-corrected chi connectivity index (χ0v) is 13.0. The summed E-state index contributed by atoms with van der Waals surface area (Å²) in [5, 5.41) is 0. The number of nitrogens with zero attached hydrogens (tertiary/aromatic N) is 1. The molecule has 2 rings (SSSR count). The van der Waals surface area contributed by atoms with Crippen LogP contribution in [0.15, 0.2) is 42.7 Å². The lowest BCUT2D eigenvalue weighted by atomic mass is 9.86. The SMILES string of the molecule is Cc1cc(C(C)(C)C)ccc1OC(=O)Cc1cccnc1. The third-order valence-electron chi connectivity index (χ3n) is 3.34. The third-order valence-corrected chi connectivity index (χ3v) is 3.34. The van der Waals surface area contributed by atoms with E-state index in [2.05, 4.69) is 31.8 Å². The number of hydrogen-bond acceptors (Lipinski definition) is 3. The first kappa shape index (κ1) is 15.2. The van der Waals surface area contributed by atoms with Crippen LogP contribution >= 0.6 is 0 Å². The molecular weight excluding hydrogens is 262 g/mol. The maximum Gasteiger partial charge on any atom is 0.315 e. The number of rotatable bonds is 3. The predicted molar refractivity (Wildman–Crippen MR) is 83.5 cm³/mol. The van der Waals surface area contributed by atoms with Crippen molar-refractivity contribution in [3.8, 4) is 5.75 Å². The van der Waals surface area contributed by atoms with E-state index in [9.17, 15) is 4.79 Å². The topological polar surface area (TPSA) is 39.2 Å². The molecule has 1 aromatic heterocycles. The van der Waals surface area contributed by atoms with Crippen LogP contribution in [0.1, 0.15) is 37.5 Å². The van der Waals surface area contributed by atoms with E-state index in [0.717, 1.165) is 11.1 Å². The van der Waals surface area contributed by atoms with E-state index in [1.807, 2.05) is 31.2 Å². The zero-order valence-electron chi connectivity index (χ0n) is 13.0. The molecule has 1 aromatic carbocycles. The van der Waals surface area contributed by atoms with E-state index in [1.165, 1.54) is 5.56 Å². The van der Waals surface area contributed by atoms with Gasteiger partial charge in [-0.25, -0.2) is 0 Å². The van der Waals surface area contributed by atoms with Crippen LogP contribution in [-0.2, 0) is 16.6 Å². The first-order valence-corrected chi connectivity index (χ1v) is 7.07. The molecule has 0 spiro atoms. The highest BCUT2D eigenvalue weighted by atomic mass is 16.5. The van der Waals surface area contributed by atoms with Crippen molar-refractivity contribution in [1.29, 1.82) is 0 Å². The van der Waals surface area contributed by atoms with Crippen LogP contribution in [-0.4, -0.2) is 11.0 Å². The first-order valence-electron chi connectivity index (χ1n) is 7.07. The van der Waals surface area contributed by atoms with Crippen molar-refractivity contribution < 1.29 is 9.53 Å². The maximum absolute atomic E-state index is 12.0. The van der Waals surface area contributed by atoms with Crippen LogP contribution in [0, 0.1) is 6.92 Å². The Bertz CT molecular complexity index is 627. The van der Waals surface area contributed by atoms with E-state index in [0.29, 0.717) is 5.75 Å². The Labute approximate surface area is 126 Å². The van der Waals surface area contributed by atoms with E-state index >= 15 is 0 Å². The van der Waals surface area contributed by atoms with Gasteiger partial charge < -0.3 is 4.74 Å². The van der Waals surface area contributed by atoms with Gasteiger partial charge in [0, 0.05) is 12.4 Å². The van der Waals surface area contributed by atoms with Gasteiger partial charge in [0.05, 0.1) is 6.42 Å². The molecule has 1 heterocycles. The molecule has 0 unspecified atom stereocenters. The lowest BCUT2D eigenvalue weighted by molar-refractivity contribution is -0.133. The van der Waals surface area contributed by atoms with Gasteiger partial charge in [-0.05, 0) is 41.2 Å². The minimum absolute atomic E-state index is 0.0863. The van der Waals surface area contributed by atoms with Gasteiger partial charge in [0.15, 0.2) is 0 Å². The molecule has 0 aliphatic heterocycles. The highest BCUT2D eigenvalue weighted by Gasteiger charge is 2.16. The molecular formula is C18H21NO2. The van der Waals surface area contributed by atoms with Gasteiger partial charge in [-0.1, -0.05) is 39.0 Å². The van der Waals surface area contributed by atoms with Gasteiger partial charge in [0.25, 0.3) is 0 Å². The smallest absolute Gasteiger partial charge is 0.315 e.